The number of rotatable bonds is 3. The summed E-state index contributed by atoms with van der Waals surface area (Å²) in [4.78, 5) is 25.3. The van der Waals surface area contributed by atoms with Crippen LogP contribution >= 0.6 is 11.3 Å². The highest BCUT2D eigenvalue weighted by Crippen LogP contribution is 2.28. The monoisotopic (exact) mass is 352 g/mol. The maximum Gasteiger partial charge on any atom is 0.274 e. The molecule has 1 aliphatic rings. The molecule has 2 aromatic rings. The number of amides is 2. The molecule has 5 nitrogen and oxygen atoms in total. The van der Waals surface area contributed by atoms with Crippen LogP contribution in [0.5, 0.6) is 0 Å². The molecule has 0 saturated carbocycles. The van der Waals surface area contributed by atoms with Crippen molar-refractivity contribution in [3.8, 4) is 11.8 Å². The van der Waals surface area contributed by atoms with Gasteiger partial charge in [0.05, 0.1) is 11.4 Å². The van der Waals surface area contributed by atoms with E-state index in [1.54, 1.807) is 29.7 Å². The van der Waals surface area contributed by atoms with E-state index < -0.39 is 5.91 Å². The highest BCUT2D eigenvalue weighted by Gasteiger charge is 2.14. The Labute approximate surface area is 149 Å². The van der Waals surface area contributed by atoms with E-state index in [9.17, 15) is 9.59 Å². The first-order valence-corrected chi connectivity index (χ1v) is 8.60. The lowest BCUT2D eigenvalue weighted by atomic mass is 10.1. The highest BCUT2D eigenvalue weighted by atomic mass is 32.1. The van der Waals surface area contributed by atoms with Crippen molar-refractivity contribution < 1.29 is 14.8 Å². The molecule has 0 spiro atoms. The lowest BCUT2D eigenvalue weighted by Gasteiger charge is -2.01. The SMILES string of the molecule is O=C(NO)c1ccc(C#CCNC(=O)c2cc3c(s2)C=CCC3)cc1. The molecule has 25 heavy (non-hydrogen) atoms. The number of nitrogens with one attached hydrogen (secondary N) is 2. The van der Waals surface area contributed by atoms with Gasteiger partial charge in [0.2, 0.25) is 0 Å². The third kappa shape index (κ3) is 4.15. The van der Waals surface area contributed by atoms with Crippen molar-refractivity contribution in [3.63, 3.8) is 0 Å². The molecule has 1 aromatic heterocycles. The van der Waals surface area contributed by atoms with Gasteiger partial charge in [0, 0.05) is 16.0 Å². The van der Waals surface area contributed by atoms with Gasteiger partial charge in [-0.25, -0.2) is 5.48 Å². The van der Waals surface area contributed by atoms with Crippen LogP contribution in [0.4, 0.5) is 0 Å². The molecule has 0 aliphatic heterocycles. The van der Waals surface area contributed by atoms with Crippen molar-refractivity contribution in [2.75, 3.05) is 6.54 Å². The van der Waals surface area contributed by atoms with E-state index in [0.29, 0.717) is 10.4 Å². The normalized spacial score (nSPS) is 11.9. The van der Waals surface area contributed by atoms with E-state index in [2.05, 4.69) is 29.3 Å². The Balaban J connectivity index is 1.55. The zero-order valence-corrected chi connectivity index (χ0v) is 14.2. The first kappa shape index (κ1) is 17.0. The van der Waals surface area contributed by atoms with Crippen molar-refractivity contribution in [2.24, 2.45) is 0 Å². The minimum atomic E-state index is -0.569. The Hall–Kier alpha value is -2.88. The van der Waals surface area contributed by atoms with Crippen molar-refractivity contribution >= 4 is 29.2 Å². The number of allylic oxidation sites excluding steroid dienone is 1. The summed E-state index contributed by atoms with van der Waals surface area (Å²) < 4.78 is 0. The minimum absolute atomic E-state index is 0.114. The van der Waals surface area contributed by atoms with Gasteiger partial charge in [0.25, 0.3) is 11.8 Å². The van der Waals surface area contributed by atoms with Crippen LogP contribution in [0.15, 0.2) is 36.4 Å². The zero-order valence-electron chi connectivity index (χ0n) is 13.3. The second kappa shape index (κ2) is 7.79. The van der Waals surface area contributed by atoms with Gasteiger partial charge in [-0.15, -0.1) is 11.3 Å². The molecule has 1 aliphatic carbocycles. The number of hydrogen-bond donors (Lipinski definition) is 3. The van der Waals surface area contributed by atoms with Gasteiger partial charge in [-0.05, 0) is 54.8 Å². The third-order valence-corrected chi connectivity index (χ3v) is 4.88. The van der Waals surface area contributed by atoms with Crippen molar-refractivity contribution in [3.05, 3.63) is 62.9 Å². The van der Waals surface area contributed by atoms with Crippen molar-refractivity contribution in [1.82, 2.24) is 10.8 Å². The quantitative estimate of drug-likeness (QED) is 0.451. The number of carbonyl (C=O) groups excluding carboxylic acids is 2. The van der Waals surface area contributed by atoms with Crippen molar-refractivity contribution in [2.45, 2.75) is 12.8 Å². The summed E-state index contributed by atoms with van der Waals surface area (Å²) in [5.74, 6) is 5.12. The van der Waals surface area contributed by atoms with Gasteiger partial charge in [0.1, 0.15) is 0 Å². The molecule has 126 valence electrons. The van der Waals surface area contributed by atoms with Crippen LogP contribution in [0.25, 0.3) is 6.08 Å². The van der Waals surface area contributed by atoms with Crippen LogP contribution in [0.2, 0.25) is 0 Å². The fraction of sp³-hybridized carbons (Fsp3) is 0.158. The summed E-state index contributed by atoms with van der Waals surface area (Å²) >= 11 is 1.50. The number of carbonyl (C=O) groups is 2. The Kier molecular flexibility index (Phi) is 5.29. The van der Waals surface area contributed by atoms with E-state index in [0.717, 1.165) is 23.3 Å². The Morgan fingerprint density at radius 2 is 2.00 bits per heavy atom. The molecule has 3 rings (SSSR count). The molecule has 0 saturated heterocycles. The molecule has 0 atom stereocenters. The number of thiophene rings is 1. The molecular formula is C19H16N2O3S. The smallest absolute Gasteiger partial charge is 0.274 e. The largest absolute Gasteiger partial charge is 0.340 e. The topological polar surface area (TPSA) is 78.4 Å². The van der Waals surface area contributed by atoms with Crippen LogP contribution in [-0.4, -0.2) is 23.6 Å². The van der Waals surface area contributed by atoms with Gasteiger partial charge in [-0.1, -0.05) is 17.9 Å². The lowest BCUT2D eigenvalue weighted by molar-refractivity contribution is 0.0706. The second-order valence-corrected chi connectivity index (χ2v) is 6.53. The second-order valence-electron chi connectivity index (χ2n) is 5.44. The Bertz CT molecular complexity index is 886. The van der Waals surface area contributed by atoms with E-state index in [1.807, 2.05) is 6.07 Å². The summed E-state index contributed by atoms with van der Waals surface area (Å²) in [7, 11) is 0. The summed E-state index contributed by atoms with van der Waals surface area (Å²) in [6.45, 7) is 0.246. The molecule has 0 unspecified atom stereocenters. The summed E-state index contributed by atoms with van der Waals surface area (Å²) in [6.07, 6.45) is 6.21. The van der Waals surface area contributed by atoms with E-state index in [4.69, 9.17) is 5.21 Å². The number of aryl methyl sites for hydroxylation is 1. The Morgan fingerprint density at radius 1 is 1.20 bits per heavy atom. The summed E-state index contributed by atoms with van der Waals surface area (Å²) in [5.41, 5.74) is 3.87. The molecule has 0 bridgehead atoms. The molecule has 1 heterocycles. The number of fused-ring (bicyclic) bond motifs is 1. The fourth-order valence-corrected chi connectivity index (χ4v) is 3.51. The molecular weight excluding hydrogens is 336 g/mol. The first-order valence-electron chi connectivity index (χ1n) is 7.78. The zero-order chi connectivity index (χ0) is 17.6. The lowest BCUT2D eigenvalue weighted by Crippen LogP contribution is -2.22. The van der Waals surface area contributed by atoms with Crippen LogP contribution in [0.1, 0.15) is 42.5 Å². The van der Waals surface area contributed by atoms with E-state index in [1.165, 1.54) is 16.9 Å². The predicted octanol–water partition coefficient (Wildman–Crippen LogP) is 2.61. The molecule has 6 heteroatoms. The molecule has 0 fully saturated rings. The van der Waals surface area contributed by atoms with Crippen LogP contribution in [0.3, 0.4) is 0 Å². The maximum atomic E-state index is 12.2. The van der Waals surface area contributed by atoms with E-state index >= 15 is 0 Å². The van der Waals surface area contributed by atoms with Crippen LogP contribution in [0, 0.1) is 11.8 Å². The van der Waals surface area contributed by atoms with Gasteiger partial charge in [-0.3, -0.25) is 14.8 Å². The summed E-state index contributed by atoms with van der Waals surface area (Å²) in [5, 5.41) is 11.4. The number of hydrogen-bond acceptors (Lipinski definition) is 4. The van der Waals surface area contributed by atoms with Crippen molar-refractivity contribution in [1.29, 1.82) is 0 Å². The predicted molar refractivity (Wildman–Crippen MR) is 96.6 cm³/mol. The van der Waals surface area contributed by atoms with Gasteiger partial charge < -0.3 is 5.32 Å². The van der Waals surface area contributed by atoms with Crippen LogP contribution in [-0.2, 0) is 6.42 Å². The number of hydroxylamine groups is 1. The highest BCUT2D eigenvalue weighted by molar-refractivity contribution is 7.15. The molecule has 1 aromatic carbocycles. The average Bonchev–Trinajstić information content (AvgIpc) is 3.09. The van der Waals surface area contributed by atoms with E-state index in [-0.39, 0.29) is 12.5 Å². The molecule has 3 N–H and O–H groups in total. The van der Waals surface area contributed by atoms with Gasteiger partial charge in [-0.2, -0.15) is 0 Å². The third-order valence-electron chi connectivity index (χ3n) is 3.73. The minimum Gasteiger partial charge on any atom is -0.340 e. The fourth-order valence-electron chi connectivity index (χ4n) is 2.45. The van der Waals surface area contributed by atoms with Crippen LogP contribution < -0.4 is 10.8 Å². The standard InChI is InChI=1S/C19H16N2O3S/c22-18(21-24)14-9-7-13(8-10-14)4-3-11-20-19(23)17-12-15-5-1-2-6-16(15)25-17/h2,6-10,12,24H,1,5,11H2,(H,20,23)(H,21,22). The van der Waals surface area contributed by atoms with Gasteiger partial charge in [0.15, 0.2) is 0 Å². The molecule has 2 amide bonds. The summed E-state index contributed by atoms with van der Waals surface area (Å²) in [6, 6.07) is 8.45. The number of benzene rings is 1. The maximum absolute atomic E-state index is 12.2. The average molecular weight is 352 g/mol. The molecule has 0 radical (unpaired) electrons. The first-order chi connectivity index (χ1) is 12.2. The van der Waals surface area contributed by atoms with Gasteiger partial charge >= 0.3 is 0 Å². The Morgan fingerprint density at radius 3 is 2.72 bits per heavy atom.